The Bertz CT molecular complexity index is 740. The Kier molecular flexibility index (Phi) is 4.93. The van der Waals surface area contributed by atoms with E-state index in [9.17, 15) is 0 Å². The summed E-state index contributed by atoms with van der Waals surface area (Å²) in [4.78, 5) is 11.9. The average Bonchev–Trinajstić information content (AvgIpc) is 2.63. The van der Waals surface area contributed by atoms with Crippen LogP contribution < -0.4 is 4.90 Å². The maximum absolute atomic E-state index is 6.12. The summed E-state index contributed by atoms with van der Waals surface area (Å²) in [5.41, 5.74) is 5.29. The lowest BCUT2D eigenvalue weighted by Crippen LogP contribution is -2.43. The molecule has 0 spiro atoms. The molecule has 2 aromatic rings. The van der Waals surface area contributed by atoms with Gasteiger partial charge in [-0.1, -0.05) is 17.7 Å². The van der Waals surface area contributed by atoms with Crippen LogP contribution in [0.2, 0.25) is 5.02 Å². The third-order valence-corrected chi connectivity index (χ3v) is 5.56. The van der Waals surface area contributed by atoms with Gasteiger partial charge in [-0.2, -0.15) is 0 Å². The molecule has 4 rings (SSSR count). The fraction of sp³-hybridized carbons (Fsp3) is 0.450. The molecule has 1 fully saturated rings. The van der Waals surface area contributed by atoms with Gasteiger partial charge in [0.2, 0.25) is 0 Å². The Morgan fingerprint density at radius 3 is 2.68 bits per heavy atom. The molecule has 132 valence electrons. The molecule has 0 saturated carbocycles. The van der Waals surface area contributed by atoms with Gasteiger partial charge in [-0.3, -0.25) is 9.88 Å². The monoisotopic (exact) mass is 356 g/mol. The highest BCUT2D eigenvalue weighted by Gasteiger charge is 2.18. The summed E-state index contributed by atoms with van der Waals surface area (Å²) >= 11 is 6.12. The summed E-state index contributed by atoms with van der Waals surface area (Å²) in [6, 6.07) is 8.57. The summed E-state index contributed by atoms with van der Waals surface area (Å²) in [5.74, 6) is 0. The maximum atomic E-state index is 6.12. The summed E-state index contributed by atoms with van der Waals surface area (Å²) in [7, 11) is 2.20. The van der Waals surface area contributed by atoms with E-state index in [1.165, 1.54) is 22.4 Å². The van der Waals surface area contributed by atoms with E-state index in [-0.39, 0.29) is 0 Å². The summed E-state index contributed by atoms with van der Waals surface area (Å²) in [5, 5.41) is 0.836. The predicted octanol–water partition coefficient (Wildman–Crippen LogP) is 3.05. The topological polar surface area (TPSA) is 22.6 Å². The highest BCUT2D eigenvalue weighted by molar-refractivity contribution is 6.30. The second kappa shape index (κ2) is 7.32. The zero-order valence-corrected chi connectivity index (χ0v) is 15.5. The Morgan fingerprint density at radius 2 is 1.84 bits per heavy atom. The van der Waals surface area contributed by atoms with Gasteiger partial charge in [0.15, 0.2) is 0 Å². The molecule has 0 bridgehead atoms. The van der Waals surface area contributed by atoms with E-state index in [0.29, 0.717) is 0 Å². The minimum absolute atomic E-state index is 0.836. The molecule has 4 nitrogen and oxygen atoms in total. The molecule has 0 radical (unpaired) electrons. The minimum Gasteiger partial charge on any atom is -0.366 e. The van der Waals surface area contributed by atoms with E-state index in [0.717, 1.165) is 57.3 Å². The first-order valence-corrected chi connectivity index (χ1v) is 9.42. The number of aromatic nitrogens is 1. The third kappa shape index (κ3) is 3.97. The lowest BCUT2D eigenvalue weighted by molar-refractivity contribution is 0.148. The van der Waals surface area contributed by atoms with Gasteiger partial charge < -0.3 is 9.80 Å². The number of likely N-dealkylation sites (N-methyl/N-ethyl adjacent to an activating group) is 1. The average molecular weight is 357 g/mol. The molecule has 1 aromatic heterocycles. The molecule has 0 unspecified atom stereocenters. The number of benzene rings is 1. The van der Waals surface area contributed by atoms with Gasteiger partial charge in [0, 0.05) is 57.0 Å². The molecule has 0 aliphatic carbocycles. The molecule has 5 heteroatoms. The number of hydrogen-bond acceptors (Lipinski definition) is 4. The highest BCUT2D eigenvalue weighted by atomic mass is 35.5. The van der Waals surface area contributed by atoms with Gasteiger partial charge in [0.05, 0.1) is 11.9 Å². The van der Waals surface area contributed by atoms with Gasteiger partial charge in [0.1, 0.15) is 0 Å². The summed E-state index contributed by atoms with van der Waals surface area (Å²) < 4.78 is 0. The second-order valence-electron chi connectivity index (χ2n) is 7.22. The fourth-order valence-electron chi connectivity index (χ4n) is 3.74. The number of halogens is 1. The van der Waals surface area contributed by atoms with Crippen molar-refractivity contribution in [3.05, 3.63) is 58.4 Å². The molecule has 1 aromatic carbocycles. The van der Waals surface area contributed by atoms with Crippen molar-refractivity contribution < 1.29 is 0 Å². The van der Waals surface area contributed by atoms with Crippen molar-refractivity contribution in [3.8, 4) is 0 Å². The highest BCUT2D eigenvalue weighted by Crippen LogP contribution is 2.26. The third-order valence-electron chi connectivity index (χ3n) is 5.33. The number of hydrogen-bond donors (Lipinski definition) is 0. The molecule has 0 N–H and O–H groups in total. The van der Waals surface area contributed by atoms with Crippen LogP contribution in [0, 0.1) is 0 Å². The number of piperazine rings is 1. The lowest BCUT2D eigenvalue weighted by atomic mass is 9.99. The van der Waals surface area contributed by atoms with Gasteiger partial charge in [-0.25, -0.2) is 0 Å². The SMILES string of the molecule is CN1CCN(Cc2cncc(N3CCc4cc(Cl)ccc4C3)c2)CC1. The molecule has 2 aliphatic heterocycles. The van der Waals surface area contributed by atoms with E-state index >= 15 is 0 Å². The first-order chi connectivity index (χ1) is 12.2. The van der Waals surface area contributed by atoms with Crippen LogP contribution in [0.25, 0.3) is 0 Å². The normalized spacial score (nSPS) is 19.0. The molecule has 1 saturated heterocycles. The molecule has 0 amide bonds. The lowest BCUT2D eigenvalue weighted by Gasteiger charge is -2.33. The van der Waals surface area contributed by atoms with Crippen LogP contribution in [0.5, 0.6) is 0 Å². The molecular formula is C20H25ClN4. The first-order valence-electron chi connectivity index (χ1n) is 9.04. The van der Waals surface area contributed by atoms with Gasteiger partial charge in [0.25, 0.3) is 0 Å². The van der Waals surface area contributed by atoms with E-state index < -0.39 is 0 Å². The molecule has 2 aliphatic rings. The van der Waals surface area contributed by atoms with Crippen LogP contribution in [0.1, 0.15) is 16.7 Å². The van der Waals surface area contributed by atoms with E-state index in [1.807, 2.05) is 18.5 Å². The van der Waals surface area contributed by atoms with Crippen LogP contribution in [-0.4, -0.2) is 54.6 Å². The van der Waals surface area contributed by atoms with Gasteiger partial charge in [-0.05, 0) is 48.4 Å². The van der Waals surface area contributed by atoms with Crippen LogP contribution >= 0.6 is 11.6 Å². The van der Waals surface area contributed by atoms with Crippen LogP contribution in [0.15, 0.2) is 36.7 Å². The number of pyridine rings is 1. The number of rotatable bonds is 3. The molecule has 0 atom stereocenters. The van der Waals surface area contributed by atoms with E-state index in [4.69, 9.17) is 11.6 Å². The van der Waals surface area contributed by atoms with Crippen LogP contribution in [0.3, 0.4) is 0 Å². The smallest absolute Gasteiger partial charge is 0.0559 e. The Morgan fingerprint density at radius 1 is 1.00 bits per heavy atom. The Labute approximate surface area is 155 Å². The number of fused-ring (bicyclic) bond motifs is 1. The van der Waals surface area contributed by atoms with Crippen molar-refractivity contribution in [2.45, 2.75) is 19.5 Å². The van der Waals surface area contributed by atoms with Crippen molar-refractivity contribution in [2.24, 2.45) is 0 Å². The van der Waals surface area contributed by atoms with Crippen molar-refractivity contribution in [2.75, 3.05) is 44.7 Å². The molecule has 25 heavy (non-hydrogen) atoms. The van der Waals surface area contributed by atoms with E-state index in [1.54, 1.807) is 0 Å². The molecule has 3 heterocycles. The quantitative estimate of drug-likeness (QED) is 0.843. The summed E-state index contributed by atoms with van der Waals surface area (Å²) in [6.45, 7) is 7.53. The summed E-state index contributed by atoms with van der Waals surface area (Å²) in [6.07, 6.45) is 5.05. The van der Waals surface area contributed by atoms with Crippen molar-refractivity contribution >= 4 is 17.3 Å². The molecular weight excluding hydrogens is 332 g/mol. The van der Waals surface area contributed by atoms with Crippen molar-refractivity contribution in [1.29, 1.82) is 0 Å². The maximum Gasteiger partial charge on any atom is 0.0559 e. The van der Waals surface area contributed by atoms with E-state index in [2.05, 4.69) is 44.9 Å². The van der Waals surface area contributed by atoms with Crippen LogP contribution in [-0.2, 0) is 19.5 Å². The largest absolute Gasteiger partial charge is 0.366 e. The predicted molar refractivity (Wildman–Crippen MR) is 103 cm³/mol. The Hall–Kier alpha value is -1.62. The van der Waals surface area contributed by atoms with Gasteiger partial charge >= 0.3 is 0 Å². The van der Waals surface area contributed by atoms with Gasteiger partial charge in [-0.15, -0.1) is 0 Å². The number of nitrogens with zero attached hydrogens (tertiary/aromatic N) is 4. The zero-order chi connectivity index (χ0) is 17.2. The standard InChI is InChI=1S/C20H25ClN4/c1-23-6-8-24(9-7-23)14-16-10-20(13-22-12-16)25-5-4-17-11-19(21)3-2-18(17)15-25/h2-3,10-13H,4-9,14-15H2,1H3. The zero-order valence-electron chi connectivity index (χ0n) is 14.8. The van der Waals surface area contributed by atoms with Crippen molar-refractivity contribution in [3.63, 3.8) is 0 Å². The number of anilines is 1. The minimum atomic E-state index is 0.836. The van der Waals surface area contributed by atoms with Crippen LogP contribution in [0.4, 0.5) is 5.69 Å². The second-order valence-corrected chi connectivity index (χ2v) is 7.65. The first kappa shape index (κ1) is 16.8. The Balaban J connectivity index is 1.45. The fourth-order valence-corrected chi connectivity index (χ4v) is 3.93. The van der Waals surface area contributed by atoms with Crippen molar-refractivity contribution in [1.82, 2.24) is 14.8 Å².